The Bertz CT molecular complexity index is 549. The van der Waals surface area contributed by atoms with Crippen molar-refractivity contribution in [2.75, 3.05) is 11.9 Å². The van der Waals surface area contributed by atoms with Crippen LogP contribution in [0.1, 0.15) is 12.5 Å². The van der Waals surface area contributed by atoms with E-state index in [2.05, 4.69) is 30.5 Å². The molecule has 0 aliphatic rings. The van der Waals surface area contributed by atoms with Gasteiger partial charge in [-0.1, -0.05) is 0 Å². The number of carbonyl (C=O) groups is 1. The molecule has 2 aromatic rings. The topological polar surface area (TPSA) is 106 Å². The van der Waals surface area contributed by atoms with E-state index in [0.717, 1.165) is 0 Å². The SMILES string of the molecule is CCOc1ncc(/C=C/C(=O)Nc2ncn[nH]2)cn1. The van der Waals surface area contributed by atoms with Gasteiger partial charge in [-0.3, -0.25) is 10.1 Å². The van der Waals surface area contributed by atoms with Crippen LogP contribution < -0.4 is 10.1 Å². The van der Waals surface area contributed by atoms with Gasteiger partial charge in [0, 0.05) is 24.0 Å². The van der Waals surface area contributed by atoms with Crippen LogP contribution in [0.4, 0.5) is 5.95 Å². The second kappa shape index (κ2) is 6.24. The fourth-order valence-electron chi connectivity index (χ4n) is 1.21. The third kappa shape index (κ3) is 3.87. The summed E-state index contributed by atoms with van der Waals surface area (Å²) in [4.78, 5) is 23.2. The van der Waals surface area contributed by atoms with Gasteiger partial charge >= 0.3 is 6.01 Å². The number of aromatic amines is 1. The number of hydrogen-bond donors (Lipinski definition) is 2. The van der Waals surface area contributed by atoms with E-state index >= 15 is 0 Å². The molecule has 19 heavy (non-hydrogen) atoms. The predicted octanol–water partition coefficient (Wildman–Crippen LogP) is 0.645. The molecule has 8 heteroatoms. The number of H-pyrrole nitrogens is 1. The molecular weight excluding hydrogens is 248 g/mol. The van der Waals surface area contributed by atoms with E-state index in [1.165, 1.54) is 12.4 Å². The summed E-state index contributed by atoms with van der Waals surface area (Å²) in [5, 5.41) is 8.63. The van der Waals surface area contributed by atoms with E-state index in [-0.39, 0.29) is 11.9 Å². The summed E-state index contributed by atoms with van der Waals surface area (Å²) in [6.07, 6.45) is 7.37. The normalized spacial score (nSPS) is 10.6. The van der Waals surface area contributed by atoms with Crippen LogP contribution in [-0.4, -0.2) is 37.7 Å². The molecule has 2 rings (SSSR count). The maximum atomic E-state index is 11.5. The smallest absolute Gasteiger partial charge is 0.316 e. The number of carbonyl (C=O) groups excluding carboxylic acids is 1. The average Bonchev–Trinajstić information content (AvgIpc) is 2.91. The molecule has 0 spiro atoms. The van der Waals surface area contributed by atoms with Gasteiger partial charge in [-0.15, -0.1) is 0 Å². The summed E-state index contributed by atoms with van der Waals surface area (Å²) >= 11 is 0. The third-order valence-electron chi connectivity index (χ3n) is 2.01. The molecule has 0 fully saturated rings. The van der Waals surface area contributed by atoms with Crippen molar-refractivity contribution in [2.24, 2.45) is 0 Å². The number of rotatable bonds is 5. The van der Waals surface area contributed by atoms with E-state index in [1.54, 1.807) is 18.5 Å². The molecular formula is C11H12N6O2. The number of aromatic nitrogens is 5. The lowest BCUT2D eigenvalue weighted by Gasteiger charge is -1.99. The molecule has 8 nitrogen and oxygen atoms in total. The summed E-state index contributed by atoms with van der Waals surface area (Å²) in [5.74, 6) is -0.0387. The Labute approximate surface area is 109 Å². The Morgan fingerprint density at radius 2 is 2.21 bits per heavy atom. The van der Waals surface area contributed by atoms with Gasteiger partial charge in [0.2, 0.25) is 5.95 Å². The Morgan fingerprint density at radius 1 is 1.42 bits per heavy atom. The van der Waals surface area contributed by atoms with Crippen molar-refractivity contribution in [1.82, 2.24) is 25.1 Å². The lowest BCUT2D eigenvalue weighted by Crippen LogP contribution is -2.09. The van der Waals surface area contributed by atoms with Crippen molar-refractivity contribution >= 4 is 17.9 Å². The van der Waals surface area contributed by atoms with Gasteiger partial charge in [-0.2, -0.15) is 10.1 Å². The Balaban J connectivity index is 1.92. The van der Waals surface area contributed by atoms with Crippen LogP contribution in [0.3, 0.4) is 0 Å². The molecule has 2 N–H and O–H groups in total. The quantitative estimate of drug-likeness (QED) is 0.764. The molecule has 2 heterocycles. The van der Waals surface area contributed by atoms with E-state index in [4.69, 9.17) is 4.74 Å². The number of nitrogens with zero attached hydrogens (tertiary/aromatic N) is 4. The number of amides is 1. The monoisotopic (exact) mass is 260 g/mol. The zero-order chi connectivity index (χ0) is 13.5. The standard InChI is InChI=1S/C11H12N6O2/c1-2-19-11-12-5-8(6-13-11)3-4-9(18)16-10-14-7-15-17-10/h3-7H,2H2,1H3,(H2,14,15,16,17,18)/b4-3+. The number of nitrogens with one attached hydrogen (secondary N) is 2. The number of ether oxygens (including phenoxy) is 1. The molecule has 0 aliphatic heterocycles. The number of anilines is 1. The molecule has 2 aromatic heterocycles. The maximum absolute atomic E-state index is 11.5. The second-order valence-electron chi connectivity index (χ2n) is 3.39. The van der Waals surface area contributed by atoms with Gasteiger partial charge < -0.3 is 4.74 Å². The Hall–Kier alpha value is -2.77. The summed E-state index contributed by atoms with van der Waals surface area (Å²) in [7, 11) is 0. The molecule has 0 saturated heterocycles. The van der Waals surface area contributed by atoms with E-state index in [1.807, 2.05) is 6.92 Å². The molecule has 0 saturated carbocycles. The van der Waals surface area contributed by atoms with Crippen LogP contribution in [0, 0.1) is 0 Å². The lowest BCUT2D eigenvalue weighted by atomic mass is 10.3. The minimum absolute atomic E-state index is 0.289. The van der Waals surface area contributed by atoms with Crippen LogP contribution in [-0.2, 0) is 4.79 Å². The first kappa shape index (κ1) is 12.7. The van der Waals surface area contributed by atoms with Crippen molar-refractivity contribution in [2.45, 2.75) is 6.92 Å². The summed E-state index contributed by atoms with van der Waals surface area (Å²) < 4.78 is 5.11. The van der Waals surface area contributed by atoms with Crippen molar-refractivity contribution in [1.29, 1.82) is 0 Å². The largest absolute Gasteiger partial charge is 0.464 e. The van der Waals surface area contributed by atoms with E-state index in [9.17, 15) is 4.79 Å². The van der Waals surface area contributed by atoms with Crippen molar-refractivity contribution in [3.05, 3.63) is 30.4 Å². The molecule has 0 aliphatic carbocycles. The zero-order valence-corrected chi connectivity index (χ0v) is 10.2. The summed E-state index contributed by atoms with van der Waals surface area (Å²) in [6, 6.07) is 0.311. The maximum Gasteiger partial charge on any atom is 0.316 e. The first-order chi connectivity index (χ1) is 9.28. The molecule has 0 aromatic carbocycles. The van der Waals surface area contributed by atoms with Gasteiger partial charge in [-0.05, 0) is 13.0 Å². The second-order valence-corrected chi connectivity index (χ2v) is 3.39. The Kier molecular flexibility index (Phi) is 4.17. The van der Waals surface area contributed by atoms with Crippen LogP contribution >= 0.6 is 0 Å². The van der Waals surface area contributed by atoms with Crippen LogP contribution in [0.2, 0.25) is 0 Å². The molecule has 98 valence electrons. The van der Waals surface area contributed by atoms with E-state index < -0.39 is 0 Å². The molecule has 0 bridgehead atoms. The minimum atomic E-state index is -0.328. The minimum Gasteiger partial charge on any atom is -0.464 e. The fourth-order valence-corrected chi connectivity index (χ4v) is 1.21. The van der Waals surface area contributed by atoms with Gasteiger partial charge in [0.15, 0.2) is 0 Å². The van der Waals surface area contributed by atoms with Crippen LogP contribution in [0.15, 0.2) is 24.8 Å². The lowest BCUT2D eigenvalue weighted by molar-refractivity contribution is -0.111. The highest BCUT2D eigenvalue weighted by Gasteiger charge is 2.00. The van der Waals surface area contributed by atoms with Crippen molar-refractivity contribution < 1.29 is 9.53 Å². The van der Waals surface area contributed by atoms with Crippen LogP contribution in [0.25, 0.3) is 6.08 Å². The van der Waals surface area contributed by atoms with Gasteiger partial charge in [0.1, 0.15) is 6.33 Å². The highest BCUT2D eigenvalue weighted by atomic mass is 16.5. The molecule has 1 amide bonds. The van der Waals surface area contributed by atoms with E-state index in [0.29, 0.717) is 18.2 Å². The molecule has 0 atom stereocenters. The van der Waals surface area contributed by atoms with Gasteiger partial charge in [-0.25, -0.2) is 15.1 Å². The predicted molar refractivity (Wildman–Crippen MR) is 67.2 cm³/mol. The highest BCUT2D eigenvalue weighted by Crippen LogP contribution is 2.04. The summed E-state index contributed by atoms with van der Waals surface area (Å²) in [5.41, 5.74) is 0.691. The summed E-state index contributed by atoms with van der Waals surface area (Å²) in [6.45, 7) is 2.36. The first-order valence-corrected chi connectivity index (χ1v) is 5.57. The molecule has 0 radical (unpaired) electrons. The molecule has 0 unspecified atom stereocenters. The van der Waals surface area contributed by atoms with Crippen LogP contribution in [0.5, 0.6) is 6.01 Å². The third-order valence-corrected chi connectivity index (χ3v) is 2.01. The highest BCUT2D eigenvalue weighted by molar-refractivity contribution is 6.00. The fraction of sp³-hybridized carbons (Fsp3) is 0.182. The van der Waals surface area contributed by atoms with Crippen molar-refractivity contribution in [3.8, 4) is 6.01 Å². The zero-order valence-electron chi connectivity index (χ0n) is 10.2. The number of hydrogen-bond acceptors (Lipinski definition) is 6. The Morgan fingerprint density at radius 3 is 2.84 bits per heavy atom. The van der Waals surface area contributed by atoms with Gasteiger partial charge in [0.05, 0.1) is 6.61 Å². The average molecular weight is 260 g/mol. The van der Waals surface area contributed by atoms with Gasteiger partial charge in [0.25, 0.3) is 5.91 Å². The van der Waals surface area contributed by atoms with Crippen molar-refractivity contribution in [3.63, 3.8) is 0 Å². The first-order valence-electron chi connectivity index (χ1n) is 5.57.